The highest BCUT2D eigenvalue weighted by Crippen LogP contribution is 2.48. The molecule has 1 N–H and O–H groups in total. The molecule has 3 aromatic heterocycles. The van der Waals surface area contributed by atoms with E-state index in [0.717, 1.165) is 35.4 Å². The third-order valence-electron chi connectivity index (χ3n) is 11.8. The predicted molar refractivity (Wildman–Crippen MR) is 216 cm³/mol. The number of para-hydroxylation sites is 1. The Morgan fingerprint density at radius 3 is 2.34 bits per heavy atom. The Labute approximate surface area is 331 Å². The number of ether oxygens (including phenoxy) is 2. The second kappa shape index (κ2) is 13.6. The number of nitrogens with one attached hydrogen (secondary N) is 1. The van der Waals surface area contributed by atoms with Crippen LogP contribution in [0.15, 0.2) is 76.6 Å². The highest BCUT2D eigenvalue weighted by molar-refractivity contribution is 6.01. The van der Waals surface area contributed by atoms with Crippen molar-refractivity contribution >= 4 is 45.1 Å². The molecule has 0 bridgehead atoms. The lowest BCUT2D eigenvalue weighted by Crippen LogP contribution is -2.45. The Morgan fingerprint density at radius 2 is 1.66 bits per heavy atom. The van der Waals surface area contributed by atoms with E-state index < -0.39 is 36.0 Å². The first-order valence-corrected chi connectivity index (χ1v) is 19.1. The normalized spacial score (nSPS) is 17.8. The van der Waals surface area contributed by atoms with Crippen LogP contribution < -0.4 is 35.8 Å². The van der Waals surface area contributed by atoms with Crippen molar-refractivity contribution < 1.29 is 27.8 Å². The zero-order valence-corrected chi connectivity index (χ0v) is 32.6. The first-order chi connectivity index (χ1) is 27.8. The smallest absolute Gasteiger partial charge is 0.329 e. The summed E-state index contributed by atoms with van der Waals surface area (Å²) in [7, 11) is 6.31. The van der Waals surface area contributed by atoms with Crippen molar-refractivity contribution in [2.45, 2.75) is 38.3 Å². The number of rotatable bonds is 8. The molecule has 0 aliphatic carbocycles. The number of carbonyl (C=O) groups is 2. The number of piperidine rings is 1. The van der Waals surface area contributed by atoms with Gasteiger partial charge in [-0.3, -0.25) is 28.8 Å². The standard InChI is InChI=1S/C43H41F2N7O6/c1-23-18-50(19-23)37-16-27-28(17-46-37)41(55)48(2)20-29(27)25-14-35(57-4)30(36(15-25)58-5)21-51-22-43(44,45)31-13-24(9-10-32(31)51)26-7-6-8-33-39(26)49(3)42(56)52(33)34-11-12-38(53)47-40(34)54/h6-10,13-17,20,23,34H,11-12,18-19,21-22H2,1-5H3,(H,47,53,54). The SMILES string of the molecule is COc1cc(-c2cn(C)c(=O)c3cnc(N4CC(C)C4)cc23)cc(OC)c1CN1CC(F)(F)c2cc(-c3cccc4c3n(C)c(=O)n4C3CCC(=O)NC3=O)ccc21. The fraction of sp³-hybridized carbons (Fsp3) is 0.326. The molecule has 0 spiro atoms. The number of nitrogens with zero attached hydrogens (tertiary/aromatic N) is 6. The highest BCUT2D eigenvalue weighted by atomic mass is 19.3. The largest absolute Gasteiger partial charge is 0.496 e. The minimum Gasteiger partial charge on any atom is -0.496 e. The van der Waals surface area contributed by atoms with Crippen molar-refractivity contribution in [3.05, 3.63) is 99.0 Å². The van der Waals surface area contributed by atoms with E-state index >= 15 is 8.78 Å². The molecule has 3 aromatic carbocycles. The molecule has 3 aliphatic rings. The zero-order valence-electron chi connectivity index (χ0n) is 32.6. The maximum Gasteiger partial charge on any atom is 0.329 e. The first-order valence-electron chi connectivity index (χ1n) is 19.1. The van der Waals surface area contributed by atoms with E-state index in [1.807, 2.05) is 18.2 Å². The molecule has 15 heteroatoms. The number of anilines is 2. The molecule has 6 heterocycles. The number of imidazole rings is 1. The number of amides is 2. The average Bonchev–Trinajstić information content (AvgIpc) is 3.61. The zero-order chi connectivity index (χ0) is 40.8. The van der Waals surface area contributed by atoms with Crippen molar-refractivity contribution in [3.63, 3.8) is 0 Å². The van der Waals surface area contributed by atoms with Crippen LogP contribution in [0.5, 0.6) is 11.5 Å². The number of alkyl halides is 2. The summed E-state index contributed by atoms with van der Waals surface area (Å²) < 4.78 is 48.3. The van der Waals surface area contributed by atoms with Crippen LogP contribution in [0, 0.1) is 5.92 Å². The van der Waals surface area contributed by atoms with E-state index in [4.69, 9.17) is 9.47 Å². The number of methoxy groups -OCH3 is 2. The monoisotopic (exact) mass is 789 g/mol. The van der Waals surface area contributed by atoms with Crippen molar-refractivity contribution in [1.29, 1.82) is 0 Å². The molecular weight excluding hydrogens is 749 g/mol. The van der Waals surface area contributed by atoms with Crippen LogP contribution >= 0.6 is 0 Å². The number of aryl methyl sites for hydroxylation is 2. The fourth-order valence-electron chi connectivity index (χ4n) is 8.85. The number of hydrogen-bond acceptors (Lipinski definition) is 9. The van der Waals surface area contributed by atoms with Crippen molar-refractivity contribution in [2.75, 3.05) is 43.7 Å². The van der Waals surface area contributed by atoms with Gasteiger partial charge in [-0.25, -0.2) is 9.78 Å². The van der Waals surface area contributed by atoms with E-state index in [9.17, 15) is 19.2 Å². The molecule has 13 nitrogen and oxygen atoms in total. The van der Waals surface area contributed by atoms with Crippen LogP contribution in [-0.4, -0.2) is 64.4 Å². The molecule has 58 heavy (non-hydrogen) atoms. The molecule has 6 aromatic rings. The highest BCUT2D eigenvalue weighted by Gasteiger charge is 2.44. The number of hydrogen-bond donors (Lipinski definition) is 1. The lowest BCUT2D eigenvalue weighted by molar-refractivity contribution is -0.135. The summed E-state index contributed by atoms with van der Waals surface area (Å²) in [5.41, 5.74) is 3.59. The van der Waals surface area contributed by atoms with Gasteiger partial charge in [0.25, 0.3) is 11.5 Å². The van der Waals surface area contributed by atoms with Gasteiger partial charge < -0.3 is 23.8 Å². The molecule has 1 atom stereocenters. The van der Waals surface area contributed by atoms with Gasteiger partial charge in [-0.1, -0.05) is 25.1 Å². The van der Waals surface area contributed by atoms with Crippen LogP contribution in [0.3, 0.4) is 0 Å². The number of carbonyl (C=O) groups excluding carboxylic acids is 2. The van der Waals surface area contributed by atoms with Gasteiger partial charge >= 0.3 is 5.69 Å². The van der Waals surface area contributed by atoms with Gasteiger partial charge in [-0.05, 0) is 59.9 Å². The Hall–Kier alpha value is -6.51. The van der Waals surface area contributed by atoms with Crippen LogP contribution in [0.1, 0.15) is 36.9 Å². The Morgan fingerprint density at radius 1 is 0.914 bits per heavy atom. The minimum atomic E-state index is -3.22. The van der Waals surface area contributed by atoms with Gasteiger partial charge in [0, 0.05) is 73.8 Å². The van der Waals surface area contributed by atoms with Gasteiger partial charge in [0.1, 0.15) is 23.4 Å². The summed E-state index contributed by atoms with van der Waals surface area (Å²) >= 11 is 0. The van der Waals surface area contributed by atoms with Crippen LogP contribution in [0.25, 0.3) is 44.1 Å². The number of fused-ring (bicyclic) bond motifs is 3. The van der Waals surface area contributed by atoms with Crippen LogP contribution in [0.2, 0.25) is 0 Å². The molecule has 2 fully saturated rings. The Kier molecular flexibility index (Phi) is 8.67. The Bertz CT molecular complexity index is 2810. The molecule has 298 valence electrons. The lowest BCUT2D eigenvalue weighted by atomic mass is 9.97. The summed E-state index contributed by atoms with van der Waals surface area (Å²) in [6.45, 7) is 3.39. The fourth-order valence-corrected chi connectivity index (χ4v) is 8.85. The summed E-state index contributed by atoms with van der Waals surface area (Å²) in [5.74, 6) is -1.95. The number of aromatic nitrogens is 4. The van der Waals surface area contributed by atoms with Crippen molar-refractivity contribution in [1.82, 2.24) is 24.0 Å². The van der Waals surface area contributed by atoms with Crippen molar-refractivity contribution in [2.24, 2.45) is 20.0 Å². The molecule has 9 rings (SSSR count). The quantitative estimate of drug-likeness (QED) is 0.199. The second-order valence-corrected chi connectivity index (χ2v) is 15.6. The lowest BCUT2D eigenvalue weighted by Gasteiger charge is -2.38. The number of pyridine rings is 2. The number of benzene rings is 3. The number of halogens is 2. The van der Waals surface area contributed by atoms with Gasteiger partial charge in [0.15, 0.2) is 0 Å². The predicted octanol–water partition coefficient (Wildman–Crippen LogP) is 5.48. The molecule has 3 aliphatic heterocycles. The minimum absolute atomic E-state index is 0.0443. The summed E-state index contributed by atoms with van der Waals surface area (Å²) in [5, 5.41) is 3.52. The molecule has 0 saturated carbocycles. The van der Waals surface area contributed by atoms with E-state index in [0.29, 0.717) is 56.2 Å². The van der Waals surface area contributed by atoms with Gasteiger partial charge in [0.05, 0.1) is 49.3 Å². The third-order valence-corrected chi connectivity index (χ3v) is 11.8. The van der Waals surface area contributed by atoms with E-state index in [2.05, 4.69) is 22.1 Å². The Balaban J connectivity index is 1.08. The van der Waals surface area contributed by atoms with E-state index in [1.54, 1.807) is 61.7 Å². The topological polar surface area (TPSA) is 133 Å². The molecule has 2 amide bonds. The average molecular weight is 790 g/mol. The van der Waals surface area contributed by atoms with Crippen molar-refractivity contribution in [3.8, 4) is 33.8 Å². The van der Waals surface area contributed by atoms with E-state index in [-0.39, 0.29) is 30.5 Å². The maximum absolute atomic E-state index is 16.1. The van der Waals surface area contributed by atoms with Crippen LogP contribution in [0.4, 0.5) is 20.3 Å². The summed E-state index contributed by atoms with van der Waals surface area (Å²) in [6.07, 6.45) is 3.67. The maximum atomic E-state index is 16.1. The van der Waals surface area contributed by atoms with Crippen LogP contribution in [-0.2, 0) is 36.2 Å². The second-order valence-electron chi connectivity index (χ2n) is 15.6. The molecular formula is C43H41F2N7O6. The van der Waals surface area contributed by atoms with E-state index in [1.165, 1.54) is 34.0 Å². The van der Waals surface area contributed by atoms with Gasteiger partial charge in [0.2, 0.25) is 11.8 Å². The van der Waals surface area contributed by atoms with Gasteiger partial charge in [-0.15, -0.1) is 0 Å². The summed E-state index contributed by atoms with van der Waals surface area (Å²) in [6, 6.07) is 14.8. The number of imide groups is 1. The molecule has 2 saturated heterocycles. The first kappa shape index (κ1) is 37.1. The summed E-state index contributed by atoms with van der Waals surface area (Å²) in [4.78, 5) is 59.7. The van der Waals surface area contributed by atoms with Gasteiger partial charge in [-0.2, -0.15) is 8.78 Å². The molecule has 0 radical (unpaired) electrons. The molecule has 1 unspecified atom stereocenters. The third kappa shape index (κ3) is 5.81.